The fourth-order valence-electron chi connectivity index (χ4n) is 5.43. The molecule has 4 rings (SSSR count). The van der Waals surface area contributed by atoms with Crippen molar-refractivity contribution in [2.45, 2.75) is 40.0 Å². The van der Waals surface area contributed by atoms with E-state index in [1.807, 2.05) is 48.2 Å². The average Bonchev–Trinajstić information content (AvgIpc) is 3.27. The van der Waals surface area contributed by atoms with Crippen LogP contribution < -0.4 is 0 Å². The first-order chi connectivity index (χ1) is 18.7. The van der Waals surface area contributed by atoms with Gasteiger partial charge in [0.1, 0.15) is 0 Å². The Morgan fingerprint density at radius 1 is 1.05 bits per heavy atom. The third kappa shape index (κ3) is 6.89. The summed E-state index contributed by atoms with van der Waals surface area (Å²) >= 11 is 18.9. The van der Waals surface area contributed by atoms with Crippen LogP contribution in [0.3, 0.4) is 0 Å². The van der Waals surface area contributed by atoms with Crippen molar-refractivity contribution >= 4 is 40.7 Å². The number of aromatic nitrogens is 2. The summed E-state index contributed by atoms with van der Waals surface area (Å²) in [5.41, 5.74) is 3.60. The van der Waals surface area contributed by atoms with Gasteiger partial charge in [0.05, 0.1) is 16.4 Å². The monoisotopic (exact) mass is 586 g/mol. The van der Waals surface area contributed by atoms with Crippen molar-refractivity contribution in [2.75, 3.05) is 32.7 Å². The first-order valence-electron chi connectivity index (χ1n) is 13.7. The smallest absolute Gasteiger partial charge is 0.274 e. The van der Waals surface area contributed by atoms with E-state index in [4.69, 9.17) is 39.9 Å². The number of piperazine rings is 1. The van der Waals surface area contributed by atoms with E-state index in [0.29, 0.717) is 51.4 Å². The third-order valence-electron chi connectivity index (χ3n) is 7.94. The molecule has 2 unspecified atom stereocenters. The second kappa shape index (κ2) is 13.4. The van der Waals surface area contributed by atoms with Gasteiger partial charge in [0.15, 0.2) is 5.69 Å². The van der Waals surface area contributed by atoms with Gasteiger partial charge in [-0.15, -0.1) is 6.58 Å². The van der Waals surface area contributed by atoms with Crippen molar-refractivity contribution in [1.29, 1.82) is 0 Å². The Morgan fingerprint density at radius 2 is 1.72 bits per heavy atom. The molecule has 1 amide bonds. The number of benzene rings is 2. The van der Waals surface area contributed by atoms with Crippen molar-refractivity contribution in [1.82, 2.24) is 19.6 Å². The highest BCUT2D eigenvalue weighted by Gasteiger charge is 2.29. The molecule has 39 heavy (non-hydrogen) atoms. The van der Waals surface area contributed by atoms with E-state index < -0.39 is 0 Å². The van der Waals surface area contributed by atoms with E-state index in [9.17, 15) is 4.79 Å². The van der Waals surface area contributed by atoms with Crippen molar-refractivity contribution in [3.8, 4) is 16.9 Å². The van der Waals surface area contributed by atoms with Gasteiger partial charge in [-0.3, -0.25) is 9.69 Å². The van der Waals surface area contributed by atoms with Crippen molar-refractivity contribution < 1.29 is 4.79 Å². The van der Waals surface area contributed by atoms with Crippen LogP contribution in [0.5, 0.6) is 0 Å². The first-order valence-corrected chi connectivity index (χ1v) is 14.8. The van der Waals surface area contributed by atoms with E-state index in [2.05, 4.69) is 25.3 Å². The van der Waals surface area contributed by atoms with Crippen LogP contribution >= 0.6 is 34.8 Å². The normalized spacial score (nSPS) is 15.8. The molecular weight excluding hydrogens is 551 g/mol. The molecule has 1 aliphatic rings. The van der Waals surface area contributed by atoms with Crippen LogP contribution in [0.15, 0.2) is 55.1 Å². The lowest BCUT2D eigenvalue weighted by Gasteiger charge is -2.35. The van der Waals surface area contributed by atoms with Gasteiger partial charge in [0.2, 0.25) is 0 Å². The highest BCUT2D eigenvalue weighted by atomic mass is 35.5. The molecule has 2 heterocycles. The fraction of sp³-hybridized carbons (Fsp3) is 0.419. The molecule has 1 fully saturated rings. The minimum Gasteiger partial charge on any atom is -0.335 e. The molecule has 0 saturated carbocycles. The van der Waals surface area contributed by atoms with E-state index in [0.717, 1.165) is 49.3 Å². The van der Waals surface area contributed by atoms with E-state index in [1.54, 1.807) is 16.8 Å². The second-order valence-corrected chi connectivity index (χ2v) is 11.7. The molecule has 0 bridgehead atoms. The lowest BCUT2D eigenvalue weighted by molar-refractivity contribution is 0.0620. The van der Waals surface area contributed by atoms with Crippen molar-refractivity contribution in [2.24, 2.45) is 11.8 Å². The summed E-state index contributed by atoms with van der Waals surface area (Å²) < 4.78 is 1.75. The average molecular weight is 588 g/mol. The highest BCUT2D eigenvalue weighted by molar-refractivity contribution is 6.35. The maximum atomic E-state index is 13.8. The van der Waals surface area contributed by atoms with Crippen LogP contribution in [0.2, 0.25) is 15.1 Å². The number of amides is 1. The van der Waals surface area contributed by atoms with E-state index >= 15 is 0 Å². The Hall–Kier alpha value is -2.31. The highest BCUT2D eigenvalue weighted by Crippen LogP contribution is 2.34. The Kier molecular flexibility index (Phi) is 10.2. The molecule has 0 aliphatic carbocycles. The Morgan fingerprint density at radius 3 is 2.33 bits per heavy atom. The summed E-state index contributed by atoms with van der Waals surface area (Å²) in [4.78, 5) is 18.2. The maximum absolute atomic E-state index is 13.8. The predicted octanol–water partition coefficient (Wildman–Crippen LogP) is 8.19. The molecule has 3 aromatic rings. The topological polar surface area (TPSA) is 41.4 Å². The van der Waals surface area contributed by atoms with Gasteiger partial charge in [-0.2, -0.15) is 5.10 Å². The molecular formula is C31H37Cl3N4O. The lowest BCUT2D eigenvalue weighted by Crippen LogP contribution is -2.49. The molecule has 2 atom stereocenters. The molecule has 0 N–H and O–H groups in total. The zero-order chi connectivity index (χ0) is 28.1. The van der Waals surface area contributed by atoms with Gasteiger partial charge in [0, 0.05) is 47.4 Å². The number of rotatable bonds is 10. The number of carbonyl (C=O) groups excluding carboxylic acids is 1. The molecule has 208 valence electrons. The maximum Gasteiger partial charge on any atom is 0.274 e. The summed E-state index contributed by atoms with van der Waals surface area (Å²) in [6, 6.07) is 12.8. The third-order valence-corrected chi connectivity index (χ3v) is 8.73. The summed E-state index contributed by atoms with van der Waals surface area (Å²) in [5, 5.41) is 6.45. The van der Waals surface area contributed by atoms with E-state index in [-0.39, 0.29) is 5.91 Å². The van der Waals surface area contributed by atoms with Crippen LogP contribution in [-0.2, 0) is 0 Å². The molecule has 1 saturated heterocycles. The summed E-state index contributed by atoms with van der Waals surface area (Å²) in [7, 11) is 0. The number of allylic oxidation sites excluding steroid dienone is 1. The van der Waals surface area contributed by atoms with Gasteiger partial charge >= 0.3 is 0 Å². The second-order valence-electron chi connectivity index (χ2n) is 10.4. The van der Waals surface area contributed by atoms with Gasteiger partial charge in [-0.25, -0.2) is 4.68 Å². The molecule has 2 aromatic carbocycles. The Balaban J connectivity index is 1.53. The fourth-order valence-corrected chi connectivity index (χ4v) is 6.05. The van der Waals surface area contributed by atoms with Crippen LogP contribution in [-0.4, -0.2) is 58.2 Å². The largest absolute Gasteiger partial charge is 0.335 e. The molecule has 5 nitrogen and oxygen atoms in total. The summed E-state index contributed by atoms with van der Waals surface area (Å²) in [6.07, 6.45) is 5.46. The predicted molar refractivity (Wildman–Crippen MR) is 163 cm³/mol. The summed E-state index contributed by atoms with van der Waals surface area (Å²) in [5.74, 6) is 1.29. The minimum atomic E-state index is -0.0587. The van der Waals surface area contributed by atoms with Gasteiger partial charge in [-0.1, -0.05) is 73.3 Å². The number of carbonyl (C=O) groups is 1. The number of hydrogen-bond donors (Lipinski definition) is 0. The molecule has 0 spiro atoms. The Bertz CT molecular complexity index is 1300. The van der Waals surface area contributed by atoms with Gasteiger partial charge < -0.3 is 4.90 Å². The van der Waals surface area contributed by atoms with Crippen molar-refractivity contribution in [3.05, 3.63) is 81.4 Å². The molecule has 1 aliphatic heterocycles. The minimum absolute atomic E-state index is 0.0587. The molecule has 8 heteroatoms. The quantitative estimate of drug-likeness (QED) is 0.225. The Labute approximate surface area is 247 Å². The standard InChI is InChI=1S/C31H37Cl3N4O/c1-5-7-23(6-2)21(3)14-15-36-16-18-37(19-17-36)31(39)29-22(4)30(24-8-10-25(32)11-9-24)38(35-29)28-13-12-26(33)20-27(28)34/h5,8-13,20-21,23H,1,6-7,14-19H2,2-4H3. The van der Waals surface area contributed by atoms with Crippen molar-refractivity contribution in [3.63, 3.8) is 0 Å². The number of nitrogens with zero attached hydrogens (tertiary/aromatic N) is 4. The zero-order valence-corrected chi connectivity index (χ0v) is 25.2. The van der Waals surface area contributed by atoms with Crippen LogP contribution in [0.25, 0.3) is 16.9 Å². The molecule has 1 aromatic heterocycles. The number of hydrogen-bond acceptors (Lipinski definition) is 3. The van der Waals surface area contributed by atoms with E-state index in [1.165, 1.54) is 6.42 Å². The zero-order valence-electron chi connectivity index (χ0n) is 23.0. The van der Waals surface area contributed by atoms with Crippen LogP contribution in [0, 0.1) is 18.8 Å². The first kappa shape index (κ1) is 29.7. The lowest BCUT2D eigenvalue weighted by atomic mass is 9.86. The SMILES string of the molecule is C=CCC(CC)C(C)CCN1CCN(C(=O)c2nn(-c3ccc(Cl)cc3Cl)c(-c3ccc(Cl)cc3)c2C)CC1. The van der Waals surface area contributed by atoms with Crippen LogP contribution in [0.4, 0.5) is 0 Å². The van der Waals surface area contributed by atoms with Gasteiger partial charge in [-0.05, 0) is 68.5 Å². The van der Waals surface area contributed by atoms with Gasteiger partial charge in [0.25, 0.3) is 5.91 Å². The van der Waals surface area contributed by atoms with Crippen LogP contribution in [0.1, 0.15) is 49.2 Å². The molecule has 0 radical (unpaired) electrons. The number of halogens is 3. The summed E-state index contributed by atoms with van der Waals surface area (Å²) in [6.45, 7) is 14.6.